The maximum absolute atomic E-state index is 10.5. The van der Waals surface area contributed by atoms with Gasteiger partial charge in [0.1, 0.15) is 16.3 Å². The number of para-hydroxylation sites is 2. The summed E-state index contributed by atoms with van der Waals surface area (Å²) in [4.78, 5) is 5.15. The number of rotatable bonds is 14. The maximum atomic E-state index is 10.5. The molecule has 4 nitrogen and oxygen atoms in total. The van der Waals surface area contributed by atoms with Crippen LogP contribution < -0.4 is 4.74 Å². The van der Waals surface area contributed by atoms with Crippen LogP contribution in [0.3, 0.4) is 0 Å². The van der Waals surface area contributed by atoms with E-state index in [0.717, 1.165) is 18.7 Å². The molecular formula is C23H34N2O2S2. The van der Waals surface area contributed by atoms with Crippen molar-refractivity contribution < 1.29 is 9.84 Å². The number of benzene rings is 1. The van der Waals surface area contributed by atoms with Gasteiger partial charge in [0, 0.05) is 6.54 Å². The maximum Gasteiger partial charge on any atom is 0.212 e. The van der Waals surface area contributed by atoms with Crippen LogP contribution in [0.15, 0.2) is 29.3 Å². The molecule has 0 amide bonds. The quantitative estimate of drug-likeness (QED) is 0.188. The largest absolute Gasteiger partial charge is 0.494 e. The number of thiazole rings is 1. The van der Waals surface area contributed by atoms with E-state index in [4.69, 9.17) is 17.0 Å². The van der Waals surface area contributed by atoms with E-state index in [1.807, 2.05) is 28.8 Å². The van der Waals surface area contributed by atoms with Crippen molar-refractivity contribution in [3.63, 3.8) is 0 Å². The Morgan fingerprint density at radius 3 is 2.31 bits per heavy atom. The second kappa shape index (κ2) is 13.5. The molecule has 1 N–H and O–H groups in total. The van der Waals surface area contributed by atoms with E-state index in [2.05, 4.69) is 11.9 Å². The molecular weight excluding hydrogens is 400 g/mol. The zero-order valence-electron chi connectivity index (χ0n) is 17.7. The molecule has 0 bridgehead atoms. The van der Waals surface area contributed by atoms with Gasteiger partial charge in [0.25, 0.3) is 0 Å². The average molecular weight is 435 g/mol. The summed E-state index contributed by atoms with van der Waals surface area (Å²) in [6.45, 7) is 3.02. The fourth-order valence-electron chi connectivity index (χ4n) is 3.32. The van der Waals surface area contributed by atoms with Gasteiger partial charge in [-0.1, -0.05) is 88.2 Å². The third-order valence-electron chi connectivity index (χ3n) is 5.04. The lowest BCUT2D eigenvalue weighted by atomic mass is 10.1. The van der Waals surface area contributed by atoms with Crippen molar-refractivity contribution >= 4 is 35.5 Å². The number of aliphatic imine (C=N–C) groups is 1. The van der Waals surface area contributed by atoms with Gasteiger partial charge in [0.05, 0.1) is 13.3 Å². The number of aromatic nitrogens is 1. The van der Waals surface area contributed by atoms with Crippen LogP contribution in [-0.4, -0.2) is 23.0 Å². The van der Waals surface area contributed by atoms with Crippen LogP contribution in [-0.2, 0) is 6.54 Å². The molecule has 0 atom stereocenters. The third kappa shape index (κ3) is 7.94. The Kier molecular flexibility index (Phi) is 11.0. The minimum absolute atomic E-state index is 0.217. The summed E-state index contributed by atoms with van der Waals surface area (Å²) in [5.41, 5.74) is 0.731. The smallest absolute Gasteiger partial charge is 0.212 e. The fourth-order valence-corrected chi connectivity index (χ4v) is 4.55. The molecule has 0 aliphatic carbocycles. The first-order valence-corrected chi connectivity index (χ1v) is 12.0. The van der Waals surface area contributed by atoms with Crippen molar-refractivity contribution in [2.45, 2.75) is 77.7 Å². The lowest BCUT2D eigenvalue weighted by Gasteiger charge is -2.05. The van der Waals surface area contributed by atoms with Crippen molar-refractivity contribution in [1.82, 2.24) is 4.57 Å². The lowest BCUT2D eigenvalue weighted by molar-refractivity contribution is 0.407. The summed E-state index contributed by atoms with van der Waals surface area (Å²) in [5, 5.41) is 10.5. The van der Waals surface area contributed by atoms with E-state index in [0.29, 0.717) is 14.6 Å². The number of nitrogens with zero attached hydrogens (tertiary/aromatic N) is 2. The van der Waals surface area contributed by atoms with E-state index in [-0.39, 0.29) is 5.88 Å². The van der Waals surface area contributed by atoms with Gasteiger partial charge in [-0.2, -0.15) is 0 Å². The summed E-state index contributed by atoms with van der Waals surface area (Å²) in [6.07, 6.45) is 14.6. The number of ether oxygens (including phenoxy) is 1. The van der Waals surface area contributed by atoms with Crippen LogP contribution in [0, 0.1) is 3.95 Å². The topological polar surface area (TPSA) is 46.8 Å². The molecule has 0 unspecified atom stereocenters. The molecule has 1 aromatic heterocycles. The Morgan fingerprint density at radius 2 is 1.66 bits per heavy atom. The molecule has 160 valence electrons. The Labute approximate surface area is 184 Å². The highest BCUT2D eigenvalue weighted by molar-refractivity contribution is 7.73. The molecule has 0 fully saturated rings. The third-order valence-corrected chi connectivity index (χ3v) is 6.41. The second-order valence-corrected chi connectivity index (χ2v) is 9.00. The van der Waals surface area contributed by atoms with Gasteiger partial charge in [-0.25, -0.2) is 0 Å². The van der Waals surface area contributed by atoms with Crippen molar-refractivity contribution in [2.75, 3.05) is 7.11 Å². The summed E-state index contributed by atoms with van der Waals surface area (Å²) in [7, 11) is 1.62. The van der Waals surface area contributed by atoms with Gasteiger partial charge in [0.15, 0.2) is 3.95 Å². The molecule has 0 saturated carbocycles. The minimum Gasteiger partial charge on any atom is -0.494 e. The summed E-state index contributed by atoms with van der Waals surface area (Å²) in [5.74, 6) is 0.922. The van der Waals surface area contributed by atoms with E-state index in [1.54, 1.807) is 13.3 Å². The zero-order valence-corrected chi connectivity index (χ0v) is 19.4. The first-order valence-electron chi connectivity index (χ1n) is 10.8. The Hall–Kier alpha value is -1.66. The molecule has 2 rings (SSSR count). The monoisotopic (exact) mass is 434 g/mol. The van der Waals surface area contributed by atoms with Gasteiger partial charge in [-0.15, -0.1) is 0 Å². The lowest BCUT2D eigenvalue weighted by Crippen LogP contribution is -1.97. The molecule has 2 aromatic rings. The summed E-state index contributed by atoms with van der Waals surface area (Å²) in [6, 6.07) is 7.56. The van der Waals surface area contributed by atoms with Gasteiger partial charge < -0.3 is 9.84 Å². The first kappa shape index (κ1) is 23.6. The van der Waals surface area contributed by atoms with Gasteiger partial charge in [-0.05, 0) is 30.8 Å². The van der Waals surface area contributed by atoms with Gasteiger partial charge in [0.2, 0.25) is 5.88 Å². The van der Waals surface area contributed by atoms with E-state index < -0.39 is 0 Å². The Morgan fingerprint density at radius 1 is 1.03 bits per heavy atom. The van der Waals surface area contributed by atoms with Crippen LogP contribution in [0.25, 0.3) is 0 Å². The summed E-state index contributed by atoms with van der Waals surface area (Å²) < 4.78 is 7.83. The average Bonchev–Trinajstić information content (AvgIpc) is 3.01. The number of hydrogen-bond donors (Lipinski definition) is 1. The highest BCUT2D eigenvalue weighted by atomic mass is 32.1. The summed E-state index contributed by atoms with van der Waals surface area (Å²) >= 11 is 6.84. The molecule has 0 spiro atoms. The molecule has 6 heteroatoms. The second-order valence-electron chi connectivity index (χ2n) is 7.32. The van der Waals surface area contributed by atoms with Crippen molar-refractivity contribution in [2.24, 2.45) is 4.99 Å². The standard InChI is InChI=1S/C23H34N2O2S2/c1-3-4-5-6-7-8-9-10-11-14-17-25-22(26)21(29-23(25)28)18-24-19-15-12-13-16-20(19)27-2/h12-13,15-16,18,26H,3-11,14,17H2,1-2H3. The minimum atomic E-state index is 0.217. The van der Waals surface area contributed by atoms with Crippen molar-refractivity contribution in [3.05, 3.63) is 33.1 Å². The highest BCUT2D eigenvalue weighted by Crippen LogP contribution is 2.29. The van der Waals surface area contributed by atoms with Gasteiger partial charge in [-0.3, -0.25) is 9.56 Å². The van der Waals surface area contributed by atoms with Crippen molar-refractivity contribution in [1.29, 1.82) is 0 Å². The molecule has 0 saturated heterocycles. The van der Waals surface area contributed by atoms with Crippen LogP contribution >= 0.6 is 23.6 Å². The predicted molar refractivity (Wildman–Crippen MR) is 127 cm³/mol. The number of hydrogen-bond acceptors (Lipinski definition) is 5. The fraction of sp³-hybridized carbons (Fsp3) is 0.565. The molecule has 0 aliphatic heterocycles. The zero-order chi connectivity index (χ0) is 20.9. The molecule has 29 heavy (non-hydrogen) atoms. The number of methoxy groups -OCH3 is 1. The van der Waals surface area contributed by atoms with Crippen LogP contribution in [0.2, 0.25) is 0 Å². The molecule has 0 aliphatic rings. The van der Waals surface area contributed by atoms with Crippen LogP contribution in [0.5, 0.6) is 11.6 Å². The molecule has 0 radical (unpaired) electrons. The highest BCUT2D eigenvalue weighted by Gasteiger charge is 2.10. The first-order chi connectivity index (χ1) is 14.2. The number of unbranched alkanes of at least 4 members (excludes halogenated alkanes) is 9. The van der Waals surface area contributed by atoms with E-state index >= 15 is 0 Å². The van der Waals surface area contributed by atoms with Crippen molar-refractivity contribution in [3.8, 4) is 11.6 Å². The SMILES string of the molecule is CCCCCCCCCCCCn1c(O)c(C=Nc2ccccc2OC)sc1=S. The molecule has 1 heterocycles. The molecule has 1 aromatic carbocycles. The normalized spacial score (nSPS) is 11.4. The van der Waals surface area contributed by atoms with Gasteiger partial charge >= 0.3 is 0 Å². The van der Waals surface area contributed by atoms with E-state index in [1.165, 1.54) is 69.1 Å². The Balaban J connectivity index is 1.78. The van der Waals surface area contributed by atoms with Crippen LogP contribution in [0.1, 0.15) is 76.0 Å². The number of aromatic hydroxyl groups is 1. The van der Waals surface area contributed by atoms with E-state index in [9.17, 15) is 5.11 Å². The Bertz CT molecular complexity index is 811. The van der Waals surface area contributed by atoms with Crippen LogP contribution in [0.4, 0.5) is 5.69 Å². The predicted octanol–water partition coefficient (Wildman–Crippen LogP) is 7.66.